The van der Waals surface area contributed by atoms with Crippen LogP contribution < -0.4 is 11.1 Å². The zero-order valence-corrected chi connectivity index (χ0v) is 12.0. The van der Waals surface area contributed by atoms with Gasteiger partial charge in [0, 0.05) is 12.5 Å². The summed E-state index contributed by atoms with van der Waals surface area (Å²) in [5.41, 5.74) is 6.73. The Balaban J connectivity index is 0.000000297. The monoisotopic (exact) mass is 302 g/mol. The van der Waals surface area contributed by atoms with Crippen LogP contribution in [0.5, 0.6) is 0 Å². The first-order valence-electron chi connectivity index (χ1n) is 6.10. The minimum Gasteiger partial charge on any atom is -0.465 e. The summed E-state index contributed by atoms with van der Waals surface area (Å²) in [6.07, 6.45) is -1.33. The Hall–Kier alpha value is -0.970. The van der Waals surface area contributed by atoms with Crippen molar-refractivity contribution in [3.63, 3.8) is 0 Å². The molecule has 3 atom stereocenters. The van der Waals surface area contributed by atoms with E-state index in [1.165, 1.54) is 11.1 Å². The van der Waals surface area contributed by atoms with Crippen molar-refractivity contribution in [2.45, 2.75) is 18.8 Å². The third kappa shape index (κ3) is 2.66. The van der Waals surface area contributed by atoms with E-state index in [9.17, 15) is 0 Å². The molecule has 0 bridgehead atoms. The molecular weight excluding hydrogens is 287 g/mol. The van der Waals surface area contributed by atoms with Gasteiger partial charge < -0.3 is 16.2 Å². The molecule has 2 aliphatic rings. The Kier molecular flexibility index (Phi) is 4.23. The molecule has 3 rings (SSSR count). The van der Waals surface area contributed by atoms with Crippen molar-refractivity contribution >= 4 is 29.3 Å². The second kappa shape index (κ2) is 5.57. The van der Waals surface area contributed by atoms with E-state index in [4.69, 9.17) is 33.1 Å². The molecule has 1 aliphatic carbocycles. The highest BCUT2D eigenvalue weighted by Gasteiger charge is 2.42. The molecule has 19 heavy (non-hydrogen) atoms. The van der Waals surface area contributed by atoms with Crippen molar-refractivity contribution < 1.29 is 9.90 Å². The Morgan fingerprint density at radius 3 is 2.68 bits per heavy atom. The highest BCUT2D eigenvalue weighted by Crippen LogP contribution is 2.51. The van der Waals surface area contributed by atoms with Gasteiger partial charge in [0.05, 0.1) is 10.0 Å². The molecule has 0 aromatic heterocycles. The number of fused-ring (bicyclic) bond motifs is 3. The first-order chi connectivity index (χ1) is 8.93. The molecule has 104 valence electrons. The summed E-state index contributed by atoms with van der Waals surface area (Å²) in [4.78, 5) is 8.78. The Morgan fingerprint density at radius 1 is 1.42 bits per heavy atom. The number of nitrogens with one attached hydrogen (secondary N) is 1. The van der Waals surface area contributed by atoms with Crippen LogP contribution in [-0.4, -0.2) is 24.3 Å². The number of nitrogens with two attached hydrogens (primary N) is 1. The van der Waals surface area contributed by atoms with Crippen LogP contribution >= 0.6 is 23.2 Å². The number of halogens is 2. The third-order valence-corrected chi connectivity index (χ3v) is 4.74. The number of hydrogen-bond acceptors (Lipinski definition) is 2. The molecule has 3 unspecified atom stereocenters. The average Bonchev–Trinajstić information content (AvgIpc) is 2.87. The van der Waals surface area contributed by atoms with Crippen molar-refractivity contribution in [1.29, 1.82) is 0 Å². The van der Waals surface area contributed by atoms with Crippen LogP contribution in [-0.2, 0) is 0 Å². The van der Waals surface area contributed by atoms with Gasteiger partial charge in [0.2, 0.25) is 0 Å². The number of primary amides is 1. The number of benzene rings is 1. The third-order valence-electron chi connectivity index (χ3n) is 3.92. The molecular formula is C13H16Cl2N2O2. The van der Waals surface area contributed by atoms with E-state index >= 15 is 0 Å². The quantitative estimate of drug-likeness (QED) is 0.689. The van der Waals surface area contributed by atoms with Gasteiger partial charge in [0.25, 0.3) is 0 Å². The molecule has 1 heterocycles. The van der Waals surface area contributed by atoms with Gasteiger partial charge in [-0.25, -0.2) is 4.79 Å². The van der Waals surface area contributed by atoms with Gasteiger partial charge >= 0.3 is 6.09 Å². The molecule has 1 aromatic rings. The van der Waals surface area contributed by atoms with Crippen LogP contribution in [0.25, 0.3) is 0 Å². The Morgan fingerprint density at radius 2 is 2.05 bits per heavy atom. The molecule has 1 fully saturated rings. The van der Waals surface area contributed by atoms with Gasteiger partial charge in [-0.1, -0.05) is 36.2 Å². The predicted octanol–water partition coefficient (Wildman–Crippen LogP) is 3.04. The normalized spacial score (nSPS) is 27.2. The molecule has 1 aromatic carbocycles. The molecule has 0 spiro atoms. The van der Waals surface area contributed by atoms with E-state index in [1.807, 2.05) is 6.07 Å². The van der Waals surface area contributed by atoms with Crippen LogP contribution in [0.2, 0.25) is 10.0 Å². The summed E-state index contributed by atoms with van der Waals surface area (Å²) in [7, 11) is 0. The van der Waals surface area contributed by atoms with Crippen LogP contribution in [0, 0.1) is 5.92 Å². The smallest absolute Gasteiger partial charge is 0.402 e. The lowest BCUT2D eigenvalue weighted by Gasteiger charge is -2.13. The minimum absolute atomic E-state index is 0.534. The summed E-state index contributed by atoms with van der Waals surface area (Å²) >= 11 is 12.4. The van der Waals surface area contributed by atoms with E-state index in [1.54, 1.807) is 0 Å². The average molecular weight is 303 g/mol. The van der Waals surface area contributed by atoms with Crippen molar-refractivity contribution in [3.8, 4) is 0 Å². The van der Waals surface area contributed by atoms with Gasteiger partial charge in [0.15, 0.2) is 0 Å². The highest BCUT2D eigenvalue weighted by atomic mass is 35.5. The topological polar surface area (TPSA) is 75.3 Å². The van der Waals surface area contributed by atoms with Crippen LogP contribution in [0.3, 0.4) is 0 Å². The number of carbonyl (C=O) groups is 1. The maximum Gasteiger partial charge on any atom is 0.402 e. The van der Waals surface area contributed by atoms with Crippen LogP contribution in [0.1, 0.15) is 29.9 Å². The molecule has 6 heteroatoms. The van der Waals surface area contributed by atoms with Gasteiger partial charge in [-0.15, -0.1) is 0 Å². The Bertz CT molecular complexity index is 504. The molecule has 0 radical (unpaired) electrons. The van der Waals surface area contributed by atoms with Crippen LogP contribution in [0.4, 0.5) is 4.79 Å². The zero-order chi connectivity index (χ0) is 14.2. The maximum absolute atomic E-state index is 8.78. The molecule has 1 saturated heterocycles. The number of amides is 1. The summed E-state index contributed by atoms with van der Waals surface area (Å²) in [5.74, 6) is 1.88. The first-order valence-corrected chi connectivity index (χ1v) is 6.86. The van der Waals surface area contributed by atoms with E-state index in [0.29, 0.717) is 22.8 Å². The van der Waals surface area contributed by atoms with Crippen molar-refractivity contribution in [2.75, 3.05) is 13.1 Å². The van der Waals surface area contributed by atoms with Gasteiger partial charge in [0.1, 0.15) is 0 Å². The zero-order valence-electron chi connectivity index (χ0n) is 10.5. The predicted molar refractivity (Wildman–Crippen MR) is 76.2 cm³/mol. The molecule has 1 aliphatic heterocycles. The Labute approximate surface area is 121 Å². The lowest BCUT2D eigenvalue weighted by Crippen LogP contribution is -2.13. The molecule has 4 nitrogen and oxygen atoms in total. The molecule has 0 saturated carbocycles. The standard InChI is InChI=1S/C12H13Cl2N.CH3NO2/c1-6-8-4-15-5-9(8)7-2-3-10(13)12(14)11(6)7;2-1(3)4/h2-3,6,8-9,15H,4-5H2,1H3;2H2,(H,3,4). The van der Waals surface area contributed by atoms with Crippen LogP contribution in [0.15, 0.2) is 12.1 Å². The number of hydrogen-bond donors (Lipinski definition) is 3. The van der Waals surface area contributed by atoms with Gasteiger partial charge in [-0.3, -0.25) is 0 Å². The van der Waals surface area contributed by atoms with Gasteiger partial charge in [-0.2, -0.15) is 0 Å². The molecule has 4 N–H and O–H groups in total. The lowest BCUT2D eigenvalue weighted by atomic mass is 9.91. The summed E-state index contributed by atoms with van der Waals surface area (Å²) < 4.78 is 0. The van der Waals surface area contributed by atoms with Crippen molar-refractivity contribution in [3.05, 3.63) is 33.3 Å². The summed E-state index contributed by atoms with van der Waals surface area (Å²) in [5, 5.41) is 12.1. The van der Waals surface area contributed by atoms with Crippen molar-refractivity contribution in [2.24, 2.45) is 11.7 Å². The number of rotatable bonds is 0. The van der Waals surface area contributed by atoms with E-state index in [0.717, 1.165) is 18.1 Å². The van der Waals surface area contributed by atoms with Crippen molar-refractivity contribution in [1.82, 2.24) is 5.32 Å². The minimum atomic E-state index is -1.33. The second-order valence-electron chi connectivity index (χ2n) is 4.92. The fourth-order valence-corrected chi connectivity index (χ4v) is 3.66. The highest BCUT2D eigenvalue weighted by molar-refractivity contribution is 6.42. The fraction of sp³-hybridized carbons (Fsp3) is 0.462. The largest absolute Gasteiger partial charge is 0.465 e. The lowest BCUT2D eigenvalue weighted by molar-refractivity contribution is 0.205. The summed E-state index contributed by atoms with van der Waals surface area (Å²) in [6, 6.07) is 4.08. The summed E-state index contributed by atoms with van der Waals surface area (Å²) in [6.45, 7) is 4.45. The van der Waals surface area contributed by atoms with E-state index < -0.39 is 6.09 Å². The van der Waals surface area contributed by atoms with Gasteiger partial charge in [-0.05, 0) is 35.6 Å². The number of carboxylic acid groups (broad SMARTS) is 1. The van der Waals surface area contributed by atoms with E-state index in [2.05, 4.69) is 24.0 Å². The maximum atomic E-state index is 8.78. The molecule has 1 amide bonds. The van der Waals surface area contributed by atoms with E-state index in [-0.39, 0.29) is 0 Å². The SMILES string of the molecule is CC1c2c(ccc(Cl)c2Cl)C2CNCC12.NC(=O)O. The first kappa shape index (κ1) is 14.4. The second-order valence-corrected chi connectivity index (χ2v) is 5.70. The fourth-order valence-electron chi connectivity index (χ4n) is 3.15.